The molecule has 2 rings (SSSR count). The van der Waals surface area contributed by atoms with Gasteiger partial charge in [0.2, 0.25) is 0 Å². The summed E-state index contributed by atoms with van der Waals surface area (Å²) in [5.74, 6) is 0.546. The third-order valence-corrected chi connectivity index (χ3v) is 4.17. The first-order valence-corrected chi connectivity index (χ1v) is 7.29. The molecule has 0 atom stereocenters. The van der Waals surface area contributed by atoms with Crippen molar-refractivity contribution in [2.75, 3.05) is 14.2 Å². The van der Waals surface area contributed by atoms with E-state index in [0.29, 0.717) is 28.5 Å². The number of carbonyl (C=O) groups excluding carboxylic acids is 2. The van der Waals surface area contributed by atoms with Crippen molar-refractivity contribution in [2.24, 2.45) is 0 Å². The zero-order valence-electron chi connectivity index (χ0n) is 12.4. The number of thiophene rings is 1. The predicted octanol–water partition coefficient (Wildman–Crippen LogP) is 3.02. The molecule has 0 spiro atoms. The van der Waals surface area contributed by atoms with Gasteiger partial charge in [-0.2, -0.15) is 0 Å². The van der Waals surface area contributed by atoms with E-state index in [0.717, 1.165) is 5.56 Å². The molecule has 0 unspecified atom stereocenters. The number of esters is 1. The summed E-state index contributed by atoms with van der Waals surface area (Å²) < 4.78 is 10.2. The van der Waals surface area contributed by atoms with Crippen molar-refractivity contribution in [2.45, 2.75) is 20.4 Å². The number of hydrogen-bond acceptors (Lipinski definition) is 5. The molecule has 6 heteroatoms. The van der Waals surface area contributed by atoms with Crippen LogP contribution in [0.2, 0.25) is 0 Å². The van der Waals surface area contributed by atoms with Gasteiger partial charge in [0.25, 0.3) is 5.91 Å². The Bertz CT molecular complexity index is 671. The third kappa shape index (κ3) is 3.16. The SMILES string of the molecule is COC(=O)c1cc(CN(C)C(=O)c2sccc2C)oc1C. The smallest absolute Gasteiger partial charge is 0.341 e. The van der Waals surface area contributed by atoms with Crippen molar-refractivity contribution in [3.8, 4) is 0 Å². The molecule has 1 amide bonds. The van der Waals surface area contributed by atoms with Crippen molar-refractivity contribution in [1.29, 1.82) is 0 Å². The molecule has 0 saturated carbocycles. The number of methoxy groups -OCH3 is 1. The lowest BCUT2D eigenvalue weighted by Crippen LogP contribution is -2.25. The van der Waals surface area contributed by atoms with Gasteiger partial charge in [-0.1, -0.05) is 0 Å². The number of ether oxygens (including phenoxy) is 1. The summed E-state index contributed by atoms with van der Waals surface area (Å²) in [5, 5.41) is 1.89. The van der Waals surface area contributed by atoms with Gasteiger partial charge in [-0.25, -0.2) is 4.79 Å². The average Bonchev–Trinajstić information content (AvgIpc) is 3.03. The number of furan rings is 1. The molecule has 0 aromatic carbocycles. The van der Waals surface area contributed by atoms with Crippen molar-refractivity contribution in [3.63, 3.8) is 0 Å². The van der Waals surface area contributed by atoms with Crippen LogP contribution < -0.4 is 0 Å². The number of hydrogen-bond donors (Lipinski definition) is 0. The van der Waals surface area contributed by atoms with Gasteiger partial charge in [-0.15, -0.1) is 11.3 Å². The normalized spacial score (nSPS) is 10.5. The lowest BCUT2D eigenvalue weighted by atomic mass is 10.2. The van der Waals surface area contributed by atoms with Crippen LogP contribution in [-0.2, 0) is 11.3 Å². The molecule has 0 radical (unpaired) electrons. The van der Waals surface area contributed by atoms with E-state index in [1.54, 1.807) is 24.9 Å². The Labute approximate surface area is 127 Å². The molecule has 2 aromatic heterocycles. The zero-order chi connectivity index (χ0) is 15.6. The standard InChI is InChI=1S/C15H17NO4S/c1-9-5-6-21-13(9)14(17)16(3)8-11-7-12(10(2)20-11)15(18)19-4/h5-7H,8H2,1-4H3. The minimum absolute atomic E-state index is 0.0591. The summed E-state index contributed by atoms with van der Waals surface area (Å²) in [6.45, 7) is 3.90. The maximum Gasteiger partial charge on any atom is 0.341 e. The molecule has 2 heterocycles. The topological polar surface area (TPSA) is 59.8 Å². The highest BCUT2D eigenvalue weighted by Crippen LogP contribution is 2.20. The largest absolute Gasteiger partial charge is 0.465 e. The Balaban J connectivity index is 2.13. The molecule has 112 valence electrons. The third-order valence-electron chi connectivity index (χ3n) is 3.17. The van der Waals surface area contributed by atoms with Crippen LogP contribution in [-0.4, -0.2) is 30.9 Å². The maximum atomic E-state index is 12.3. The quantitative estimate of drug-likeness (QED) is 0.815. The van der Waals surface area contributed by atoms with Crippen molar-refractivity contribution >= 4 is 23.2 Å². The summed E-state index contributed by atoms with van der Waals surface area (Å²) in [4.78, 5) is 26.1. The first kappa shape index (κ1) is 15.3. The minimum Gasteiger partial charge on any atom is -0.465 e. The highest BCUT2D eigenvalue weighted by molar-refractivity contribution is 7.12. The second kappa shape index (κ2) is 6.13. The van der Waals surface area contributed by atoms with E-state index in [4.69, 9.17) is 4.42 Å². The summed E-state index contributed by atoms with van der Waals surface area (Å²) in [6, 6.07) is 3.53. The lowest BCUT2D eigenvalue weighted by Gasteiger charge is -2.15. The van der Waals surface area contributed by atoms with Gasteiger partial charge < -0.3 is 14.1 Å². The van der Waals surface area contributed by atoms with E-state index in [1.807, 2.05) is 18.4 Å². The first-order valence-electron chi connectivity index (χ1n) is 6.41. The predicted molar refractivity (Wildman–Crippen MR) is 79.6 cm³/mol. The van der Waals surface area contributed by atoms with Crippen LogP contribution in [0.15, 0.2) is 21.9 Å². The molecule has 0 aliphatic rings. The van der Waals surface area contributed by atoms with Gasteiger partial charge in [-0.05, 0) is 36.9 Å². The Kier molecular flexibility index (Phi) is 4.47. The number of nitrogens with zero attached hydrogens (tertiary/aromatic N) is 1. The highest BCUT2D eigenvalue weighted by atomic mass is 32.1. The van der Waals surface area contributed by atoms with Gasteiger partial charge in [0.05, 0.1) is 18.5 Å². The van der Waals surface area contributed by atoms with Crippen molar-refractivity contribution in [3.05, 3.63) is 45.0 Å². The van der Waals surface area contributed by atoms with Crippen LogP contribution in [0.1, 0.15) is 37.1 Å². The van der Waals surface area contributed by atoms with Gasteiger partial charge in [-0.3, -0.25) is 4.79 Å². The molecule has 5 nitrogen and oxygen atoms in total. The molecular weight excluding hydrogens is 290 g/mol. The second-order valence-electron chi connectivity index (χ2n) is 4.77. The van der Waals surface area contributed by atoms with Crippen molar-refractivity contribution in [1.82, 2.24) is 4.90 Å². The van der Waals surface area contributed by atoms with E-state index in [-0.39, 0.29) is 5.91 Å². The van der Waals surface area contributed by atoms with Crippen LogP contribution in [0.4, 0.5) is 0 Å². The van der Waals surface area contributed by atoms with Gasteiger partial charge >= 0.3 is 5.97 Å². The lowest BCUT2D eigenvalue weighted by molar-refractivity contribution is 0.0598. The van der Waals surface area contributed by atoms with Crippen LogP contribution in [0.5, 0.6) is 0 Å². The van der Waals surface area contributed by atoms with Crippen molar-refractivity contribution < 1.29 is 18.7 Å². The minimum atomic E-state index is -0.439. The molecule has 21 heavy (non-hydrogen) atoms. The summed E-state index contributed by atoms with van der Waals surface area (Å²) >= 11 is 1.42. The van der Waals surface area contributed by atoms with Crippen LogP contribution in [0.25, 0.3) is 0 Å². The summed E-state index contributed by atoms with van der Waals surface area (Å²) in [5.41, 5.74) is 1.35. The Hall–Kier alpha value is -2.08. The molecule has 0 N–H and O–H groups in total. The molecule has 0 aliphatic heterocycles. The number of rotatable bonds is 4. The summed E-state index contributed by atoms with van der Waals surface area (Å²) in [6.07, 6.45) is 0. The fourth-order valence-corrected chi connectivity index (χ4v) is 2.92. The van der Waals surface area contributed by atoms with E-state index in [9.17, 15) is 9.59 Å². The molecule has 0 aliphatic carbocycles. The van der Waals surface area contributed by atoms with Gasteiger partial charge in [0, 0.05) is 7.05 Å². The Morgan fingerprint density at radius 1 is 1.38 bits per heavy atom. The maximum absolute atomic E-state index is 12.3. The average molecular weight is 307 g/mol. The molecular formula is C15H17NO4S. The number of aryl methyl sites for hydroxylation is 2. The highest BCUT2D eigenvalue weighted by Gasteiger charge is 2.20. The molecule has 0 saturated heterocycles. The zero-order valence-corrected chi connectivity index (χ0v) is 13.2. The van der Waals surface area contributed by atoms with Crippen LogP contribution in [0.3, 0.4) is 0 Å². The molecule has 0 fully saturated rings. The van der Waals surface area contributed by atoms with Crippen LogP contribution >= 0.6 is 11.3 Å². The second-order valence-corrected chi connectivity index (χ2v) is 5.68. The monoisotopic (exact) mass is 307 g/mol. The van der Waals surface area contributed by atoms with Gasteiger partial charge in [0.15, 0.2) is 0 Å². The van der Waals surface area contributed by atoms with E-state index < -0.39 is 5.97 Å². The number of carbonyl (C=O) groups is 2. The Morgan fingerprint density at radius 3 is 2.67 bits per heavy atom. The van der Waals surface area contributed by atoms with Gasteiger partial charge in [0.1, 0.15) is 17.1 Å². The van der Waals surface area contributed by atoms with E-state index >= 15 is 0 Å². The van der Waals surface area contributed by atoms with Crippen LogP contribution in [0, 0.1) is 13.8 Å². The molecule has 2 aromatic rings. The number of amides is 1. The summed E-state index contributed by atoms with van der Waals surface area (Å²) in [7, 11) is 3.03. The Morgan fingerprint density at radius 2 is 2.10 bits per heavy atom. The fraction of sp³-hybridized carbons (Fsp3) is 0.333. The van der Waals surface area contributed by atoms with E-state index in [2.05, 4.69) is 4.74 Å². The fourth-order valence-electron chi connectivity index (χ4n) is 2.00. The first-order chi connectivity index (χ1) is 9.93. The molecule has 0 bridgehead atoms. The van der Waals surface area contributed by atoms with E-state index in [1.165, 1.54) is 18.4 Å².